The highest BCUT2D eigenvalue weighted by Gasteiger charge is 2.51. The van der Waals surface area contributed by atoms with Gasteiger partial charge in [0.2, 0.25) is 0 Å². The van der Waals surface area contributed by atoms with Gasteiger partial charge in [0.25, 0.3) is 0 Å². The van der Waals surface area contributed by atoms with Gasteiger partial charge in [-0.05, 0) is 17.7 Å². The number of ether oxygens (including phenoxy) is 5. The molecule has 0 aromatic heterocycles. The maximum absolute atomic E-state index is 6.53. The fourth-order valence-electron chi connectivity index (χ4n) is 4.33. The Morgan fingerprint density at radius 1 is 0.829 bits per heavy atom. The molecule has 2 aliphatic heterocycles. The van der Waals surface area contributed by atoms with Crippen molar-refractivity contribution in [1.29, 1.82) is 0 Å². The van der Waals surface area contributed by atoms with Gasteiger partial charge in [-0.2, -0.15) is 0 Å². The highest BCUT2D eigenvalue weighted by Crippen LogP contribution is 2.41. The van der Waals surface area contributed by atoms with E-state index in [2.05, 4.69) is 18.1 Å². The predicted molar refractivity (Wildman–Crippen MR) is 135 cm³/mol. The second kappa shape index (κ2) is 11.9. The molecule has 2 aliphatic rings. The maximum atomic E-state index is 6.53. The molecule has 180 valence electrons. The van der Waals surface area contributed by atoms with Crippen LogP contribution in [0.4, 0.5) is 0 Å². The lowest BCUT2D eigenvalue weighted by Crippen LogP contribution is -2.62. The summed E-state index contributed by atoms with van der Waals surface area (Å²) in [5.41, 5.74) is 1.69. The average molecular weight is 489 g/mol. The molecule has 6 atom stereocenters. The smallest absolute Gasteiger partial charge is 0.184 e. The number of benzene rings is 3. The van der Waals surface area contributed by atoms with Crippen LogP contribution in [0.15, 0.2) is 95.9 Å². The minimum Gasteiger partial charge on any atom is -0.368 e. The summed E-state index contributed by atoms with van der Waals surface area (Å²) in [4.78, 5) is 1.08. The summed E-state index contributed by atoms with van der Waals surface area (Å²) in [5.74, 6) is 2.59. The minimum atomic E-state index is -0.504. The van der Waals surface area contributed by atoms with E-state index in [0.717, 1.165) is 16.0 Å². The summed E-state index contributed by atoms with van der Waals surface area (Å²) in [7, 11) is 0. The molecule has 5 nitrogen and oxygen atoms in total. The van der Waals surface area contributed by atoms with Crippen LogP contribution < -0.4 is 0 Å². The van der Waals surface area contributed by atoms with Crippen LogP contribution in [0.25, 0.3) is 0 Å². The quantitative estimate of drug-likeness (QED) is 0.405. The minimum absolute atomic E-state index is 0.154. The van der Waals surface area contributed by atoms with Crippen LogP contribution in [0.2, 0.25) is 0 Å². The molecule has 0 N–H and O–H groups in total. The van der Waals surface area contributed by atoms with Gasteiger partial charge in [-0.3, -0.25) is 0 Å². The van der Waals surface area contributed by atoms with E-state index in [9.17, 15) is 0 Å². The SMILES string of the molecule is C#CCO[C@H]1[C@@H](OCc2ccccc2)[C@@H]2O[C@H](c3ccccc3)OC[C@H]2O[C@@H]1Sc1ccccc1. The van der Waals surface area contributed by atoms with E-state index in [1.807, 2.05) is 78.9 Å². The number of rotatable bonds is 8. The van der Waals surface area contributed by atoms with E-state index in [-0.39, 0.29) is 24.3 Å². The summed E-state index contributed by atoms with van der Waals surface area (Å²) in [6, 6.07) is 30.1. The number of fused-ring (bicyclic) bond motifs is 1. The number of terminal acetylenes is 1. The second-order valence-electron chi connectivity index (χ2n) is 8.39. The van der Waals surface area contributed by atoms with Crippen LogP contribution in [-0.4, -0.2) is 43.1 Å². The summed E-state index contributed by atoms with van der Waals surface area (Å²) < 4.78 is 31.8. The Morgan fingerprint density at radius 3 is 2.23 bits per heavy atom. The molecule has 0 radical (unpaired) electrons. The first-order valence-corrected chi connectivity index (χ1v) is 12.6. The number of thioether (sulfide) groups is 1. The Morgan fingerprint density at radius 2 is 1.51 bits per heavy atom. The average Bonchev–Trinajstić information content (AvgIpc) is 2.92. The first-order valence-electron chi connectivity index (χ1n) is 11.7. The maximum Gasteiger partial charge on any atom is 0.184 e. The van der Waals surface area contributed by atoms with E-state index in [1.54, 1.807) is 11.8 Å². The lowest BCUT2D eigenvalue weighted by Gasteiger charge is -2.49. The Bertz CT molecular complexity index is 1090. The van der Waals surface area contributed by atoms with Gasteiger partial charge in [0.15, 0.2) is 6.29 Å². The van der Waals surface area contributed by atoms with Crippen LogP contribution >= 0.6 is 11.8 Å². The monoisotopic (exact) mass is 488 g/mol. The number of hydrogen-bond donors (Lipinski definition) is 0. The van der Waals surface area contributed by atoms with E-state index < -0.39 is 18.5 Å². The Labute approximate surface area is 210 Å². The molecule has 0 unspecified atom stereocenters. The molecular weight excluding hydrogens is 460 g/mol. The molecule has 0 bridgehead atoms. The molecule has 5 rings (SSSR count). The van der Waals surface area contributed by atoms with E-state index in [1.165, 1.54) is 0 Å². The van der Waals surface area contributed by atoms with Crippen molar-refractivity contribution in [1.82, 2.24) is 0 Å². The molecule has 3 aromatic carbocycles. The van der Waals surface area contributed by atoms with Gasteiger partial charge in [0.05, 0.1) is 13.2 Å². The fraction of sp³-hybridized carbons (Fsp3) is 0.310. The first-order chi connectivity index (χ1) is 17.3. The van der Waals surface area contributed by atoms with E-state index in [4.69, 9.17) is 30.1 Å². The molecule has 35 heavy (non-hydrogen) atoms. The lowest BCUT2D eigenvalue weighted by molar-refractivity contribution is -0.328. The molecular formula is C29H28O5S. The molecule has 6 heteroatoms. The number of hydrogen-bond acceptors (Lipinski definition) is 6. The van der Waals surface area contributed by atoms with Gasteiger partial charge in [-0.1, -0.05) is 96.5 Å². The summed E-state index contributed by atoms with van der Waals surface area (Å²) in [6.45, 7) is 0.970. The van der Waals surface area contributed by atoms with Crippen LogP contribution in [0.1, 0.15) is 17.4 Å². The second-order valence-corrected chi connectivity index (χ2v) is 9.56. The van der Waals surface area contributed by atoms with Crippen molar-refractivity contribution < 1.29 is 23.7 Å². The van der Waals surface area contributed by atoms with Crippen molar-refractivity contribution in [2.75, 3.05) is 13.2 Å². The Balaban J connectivity index is 1.42. The highest BCUT2D eigenvalue weighted by atomic mass is 32.2. The first kappa shape index (κ1) is 24.1. The lowest BCUT2D eigenvalue weighted by atomic mass is 9.98. The van der Waals surface area contributed by atoms with Crippen LogP contribution in [0.5, 0.6) is 0 Å². The van der Waals surface area contributed by atoms with Crippen molar-refractivity contribution >= 4 is 11.8 Å². The van der Waals surface area contributed by atoms with Gasteiger partial charge in [-0.25, -0.2) is 0 Å². The van der Waals surface area contributed by atoms with Gasteiger partial charge < -0.3 is 23.7 Å². The van der Waals surface area contributed by atoms with E-state index >= 15 is 0 Å². The van der Waals surface area contributed by atoms with Crippen molar-refractivity contribution in [3.8, 4) is 12.3 Å². The Hall–Kier alpha value is -2.63. The zero-order chi connectivity index (χ0) is 23.9. The third-order valence-corrected chi connectivity index (χ3v) is 7.15. The van der Waals surface area contributed by atoms with Gasteiger partial charge >= 0.3 is 0 Å². The molecule has 3 aromatic rings. The van der Waals surface area contributed by atoms with Gasteiger partial charge in [0, 0.05) is 10.5 Å². The van der Waals surface area contributed by atoms with Crippen molar-refractivity contribution in [3.63, 3.8) is 0 Å². The predicted octanol–water partition coefficient (Wildman–Crippen LogP) is 5.22. The highest BCUT2D eigenvalue weighted by molar-refractivity contribution is 7.99. The molecule has 0 spiro atoms. The van der Waals surface area contributed by atoms with Crippen molar-refractivity contribution in [2.45, 2.75) is 47.6 Å². The fourth-order valence-corrected chi connectivity index (χ4v) is 5.48. The molecule has 0 aliphatic carbocycles. The van der Waals surface area contributed by atoms with Gasteiger partial charge in [-0.15, -0.1) is 6.42 Å². The van der Waals surface area contributed by atoms with Crippen molar-refractivity contribution in [2.24, 2.45) is 0 Å². The molecule has 0 saturated carbocycles. The largest absolute Gasteiger partial charge is 0.368 e. The van der Waals surface area contributed by atoms with Crippen LogP contribution in [-0.2, 0) is 30.3 Å². The molecule has 2 saturated heterocycles. The zero-order valence-electron chi connectivity index (χ0n) is 19.3. The summed E-state index contributed by atoms with van der Waals surface area (Å²) in [6.07, 6.45) is 3.54. The molecule has 0 amide bonds. The van der Waals surface area contributed by atoms with Crippen LogP contribution in [0.3, 0.4) is 0 Å². The van der Waals surface area contributed by atoms with Crippen molar-refractivity contribution in [3.05, 3.63) is 102 Å². The zero-order valence-corrected chi connectivity index (χ0v) is 20.1. The topological polar surface area (TPSA) is 46.2 Å². The molecule has 2 fully saturated rings. The third-order valence-electron chi connectivity index (χ3n) is 6.00. The van der Waals surface area contributed by atoms with E-state index in [0.29, 0.717) is 13.2 Å². The van der Waals surface area contributed by atoms with Gasteiger partial charge in [0.1, 0.15) is 36.5 Å². The molecule has 2 heterocycles. The third kappa shape index (κ3) is 5.96. The summed E-state index contributed by atoms with van der Waals surface area (Å²) in [5, 5.41) is 0. The summed E-state index contributed by atoms with van der Waals surface area (Å²) >= 11 is 1.59. The standard InChI is InChI=1S/C29H28O5S/c1-2-18-30-27-26(31-19-21-12-6-3-7-13-21)25-24(33-29(27)35-23-16-10-5-11-17-23)20-32-28(34-25)22-14-8-4-9-15-22/h1,3-17,24-29H,18-20H2/t24-,25-,26+,27+,28-,29-/m1/s1. The van der Waals surface area contributed by atoms with Crippen LogP contribution in [0, 0.1) is 12.3 Å². The normalized spacial score (nSPS) is 28.1. The Kier molecular flexibility index (Phi) is 8.17.